The van der Waals surface area contributed by atoms with E-state index >= 15 is 0 Å². The van der Waals surface area contributed by atoms with E-state index in [9.17, 15) is 4.79 Å². The highest BCUT2D eigenvalue weighted by Crippen LogP contribution is 2.06. The second-order valence-electron chi connectivity index (χ2n) is 3.62. The van der Waals surface area contributed by atoms with Gasteiger partial charge in [-0.15, -0.1) is 0 Å². The number of aryl methyl sites for hydroxylation is 1. The molecule has 1 aromatic rings. The monoisotopic (exact) mass is 211 g/mol. The van der Waals surface area contributed by atoms with Crippen molar-refractivity contribution in [1.29, 1.82) is 0 Å². The molecule has 0 radical (unpaired) electrons. The molecule has 0 aliphatic heterocycles. The highest BCUT2D eigenvalue weighted by Gasteiger charge is 2.09. The lowest BCUT2D eigenvalue weighted by atomic mass is 10.1. The van der Waals surface area contributed by atoms with Crippen molar-refractivity contribution in [3.8, 4) is 0 Å². The summed E-state index contributed by atoms with van der Waals surface area (Å²) in [7, 11) is 0. The van der Waals surface area contributed by atoms with Gasteiger partial charge >= 0.3 is 5.97 Å². The smallest absolute Gasteiger partial charge is 0.320 e. The zero-order valence-electron chi connectivity index (χ0n) is 8.65. The molecule has 0 saturated heterocycles. The molecule has 0 spiro atoms. The highest BCUT2D eigenvalue weighted by atomic mass is 16.4. The molecule has 0 aliphatic rings. The van der Waals surface area contributed by atoms with E-state index in [1.165, 1.54) is 0 Å². The van der Waals surface area contributed by atoms with E-state index in [4.69, 9.17) is 10.8 Å². The fourth-order valence-corrected chi connectivity index (χ4v) is 1.40. The van der Waals surface area contributed by atoms with E-state index in [1.807, 2.05) is 6.20 Å². The number of aromatic nitrogens is 2. The first-order valence-corrected chi connectivity index (χ1v) is 5.16. The van der Waals surface area contributed by atoms with Crippen LogP contribution in [0, 0.1) is 0 Å². The molecule has 0 fully saturated rings. The predicted molar refractivity (Wildman–Crippen MR) is 56.4 cm³/mol. The molecule has 5 heteroatoms. The van der Waals surface area contributed by atoms with Gasteiger partial charge in [0.25, 0.3) is 0 Å². The first-order chi connectivity index (χ1) is 7.20. The van der Waals surface area contributed by atoms with Gasteiger partial charge in [-0.25, -0.2) is 4.98 Å². The van der Waals surface area contributed by atoms with Crippen LogP contribution < -0.4 is 5.73 Å². The van der Waals surface area contributed by atoms with Crippen LogP contribution in [0.2, 0.25) is 0 Å². The summed E-state index contributed by atoms with van der Waals surface area (Å²) in [4.78, 5) is 17.4. The van der Waals surface area contributed by atoms with Crippen LogP contribution in [0.1, 0.15) is 31.4 Å². The number of aliphatic carboxylic acids is 1. The number of unbranched alkanes of at least 4 members (excludes halogenated alkanes) is 2. The van der Waals surface area contributed by atoms with Crippen LogP contribution in [-0.4, -0.2) is 27.1 Å². The molecule has 0 saturated carbocycles. The fraction of sp³-hybridized carbons (Fsp3) is 0.600. The van der Waals surface area contributed by atoms with E-state index in [0.717, 1.165) is 31.4 Å². The van der Waals surface area contributed by atoms with Crippen LogP contribution in [0.15, 0.2) is 12.5 Å². The number of carbonyl (C=O) groups is 1. The lowest BCUT2D eigenvalue weighted by Crippen LogP contribution is -2.29. The Morgan fingerprint density at radius 1 is 1.53 bits per heavy atom. The average molecular weight is 211 g/mol. The van der Waals surface area contributed by atoms with E-state index in [1.54, 1.807) is 6.33 Å². The maximum absolute atomic E-state index is 10.4. The summed E-state index contributed by atoms with van der Waals surface area (Å²) < 4.78 is 0. The van der Waals surface area contributed by atoms with Gasteiger partial charge in [-0.2, -0.15) is 0 Å². The number of nitrogens with one attached hydrogen (secondary N) is 1. The third kappa shape index (κ3) is 4.60. The molecule has 15 heavy (non-hydrogen) atoms. The fourth-order valence-electron chi connectivity index (χ4n) is 1.40. The van der Waals surface area contributed by atoms with Gasteiger partial charge in [0.1, 0.15) is 6.04 Å². The van der Waals surface area contributed by atoms with Crippen LogP contribution in [-0.2, 0) is 11.2 Å². The number of rotatable bonds is 7. The third-order valence-corrected chi connectivity index (χ3v) is 2.33. The van der Waals surface area contributed by atoms with Crippen molar-refractivity contribution in [1.82, 2.24) is 9.97 Å². The Kier molecular flexibility index (Phi) is 4.83. The van der Waals surface area contributed by atoms with E-state index in [2.05, 4.69) is 9.97 Å². The Labute approximate surface area is 88.7 Å². The maximum atomic E-state index is 10.4. The van der Waals surface area contributed by atoms with Gasteiger partial charge in [0, 0.05) is 11.9 Å². The largest absolute Gasteiger partial charge is 0.480 e. The first-order valence-electron chi connectivity index (χ1n) is 5.16. The lowest BCUT2D eigenvalue weighted by molar-refractivity contribution is -0.138. The molecule has 84 valence electrons. The van der Waals surface area contributed by atoms with Crippen LogP contribution in [0.3, 0.4) is 0 Å². The second-order valence-corrected chi connectivity index (χ2v) is 3.62. The molecule has 0 aromatic carbocycles. The number of nitrogens with zero attached hydrogens (tertiary/aromatic N) is 1. The van der Waals surface area contributed by atoms with Crippen LogP contribution in [0.25, 0.3) is 0 Å². The van der Waals surface area contributed by atoms with E-state index in [-0.39, 0.29) is 0 Å². The van der Waals surface area contributed by atoms with Crippen molar-refractivity contribution >= 4 is 5.97 Å². The Morgan fingerprint density at radius 3 is 2.93 bits per heavy atom. The van der Waals surface area contributed by atoms with Gasteiger partial charge in [0.2, 0.25) is 0 Å². The van der Waals surface area contributed by atoms with Gasteiger partial charge in [-0.05, 0) is 19.3 Å². The van der Waals surface area contributed by atoms with E-state index < -0.39 is 12.0 Å². The van der Waals surface area contributed by atoms with Gasteiger partial charge in [0.15, 0.2) is 0 Å². The third-order valence-electron chi connectivity index (χ3n) is 2.33. The van der Waals surface area contributed by atoms with Crippen molar-refractivity contribution in [2.45, 2.75) is 38.1 Å². The lowest BCUT2D eigenvalue weighted by Gasteiger charge is -2.05. The molecular weight excluding hydrogens is 194 g/mol. The number of carboxylic acid groups (broad SMARTS) is 1. The first kappa shape index (κ1) is 11.7. The molecular formula is C10H17N3O2. The summed E-state index contributed by atoms with van der Waals surface area (Å²) in [5, 5.41) is 8.55. The summed E-state index contributed by atoms with van der Waals surface area (Å²) in [5.41, 5.74) is 6.50. The number of hydrogen-bond acceptors (Lipinski definition) is 3. The maximum Gasteiger partial charge on any atom is 0.320 e. The van der Waals surface area contributed by atoms with Crippen LogP contribution in [0.5, 0.6) is 0 Å². The normalized spacial score (nSPS) is 12.6. The number of H-pyrrole nitrogens is 1. The van der Waals surface area contributed by atoms with Gasteiger partial charge in [-0.1, -0.05) is 12.8 Å². The summed E-state index contributed by atoms with van der Waals surface area (Å²) in [5.74, 6) is -0.913. The number of nitrogens with two attached hydrogens (primary N) is 1. The molecule has 4 N–H and O–H groups in total. The van der Waals surface area contributed by atoms with Crippen LogP contribution in [0.4, 0.5) is 0 Å². The van der Waals surface area contributed by atoms with Crippen molar-refractivity contribution in [3.05, 3.63) is 18.2 Å². The molecule has 1 atom stereocenters. The Hall–Kier alpha value is -1.36. The summed E-state index contributed by atoms with van der Waals surface area (Å²) >= 11 is 0. The topological polar surface area (TPSA) is 92.0 Å². The predicted octanol–water partition coefficient (Wildman–Crippen LogP) is 0.924. The minimum Gasteiger partial charge on any atom is -0.480 e. The van der Waals surface area contributed by atoms with Crippen molar-refractivity contribution in [2.24, 2.45) is 5.73 Å². The van der Waals surface area contributed by atoms with Crippen LogP contribution >= 0.6 is 0 Å². The molecule has 1 rings (SSSR count). The molecule has 0 bridgehead atoms. The second kappa shape index (κ2) is 6.19. The van der Waals surface area contributed by atoms with Crippen molar-refractivity contribution in [2.75, 3.05) is 0 Å². The summed E-state index contributed by atoms with van der Waals surface area (Å²) in [6, 6.07) is -0.711. The number of hydrogen-bond donors (Lipinski definition) is 3. The van der Waals surface area contributed by atoms with Crippen molar-refractivity contribution < 1.29 is 9.90 Å². The van der Waals surface area contributed by atoms with E-state index in [0.29, 0.717) is 6.42 Å². The summed E-state index contributed by atoms with van der Waals surface area (Å²) in [6.45, 7) is 0. The minimum atomic E-state index is -0.913. The molecule has 0 aliphatic carbocycles. The average Bonchev–Trinajstić information content (AvgIpc) is 2.69. The number of aromatic amines is 1. The summed E-state index contributed by atoms with van der Waals surface area (Å²) in [6.07, 6.45) is 7.88. The van der Waals surface area contributed by atoms with Gasteiger partial charge in [-0.3, -0.25) is 4.79 Å². The SMILES string of the molecule is NC(CCCCCc1cnc[nH]1)C(=O)O. The molecule has 1 heterocycles. The molecule has 5 nitrogen and oxygen atoms in total. The highest BCUT2D eigenvalue weighted by molar-refractivity contribution is 5.72. The number of carboxylic acids is 1. The Bertz CT molecular complexity index is 285. The number of imidazole rings is 1. The molecule has 1 aromatic heterocycles. The Balaban J connectivity index is 2.00. The zero-order valence-corrected chi connectivity index (χ0v) is 8.65. The minimum absolute atomic E-state index is 0.554. The van der Waals surface area contributed by atoms with Gasteiger partial charge in [0.05, 0.1) is 6.33 Å². The van der Waals surface area contributed by atoms with Crippen molar-refractivity contribution in [3.63, 3.8) is 0 Å². The molecule has 0 amide bonds. The quantitative estimate of drug-likeness (QED) is 0.585. The zero-order chi connectivity index (χ0) is 11.1. The van der Waals surface area contributed by atoms with Gasteiger partial charge < -0.3 is 15.8 Å². The standard InChI is InChI=1S/C10H17N3O2/c11-9(10(14)15)5-3-1-2-4-8-6-12-7-13-8/h6-7,9H,1-5,11H2,(H,12,13)(H,14,15). The molecule has 1 unspecified atom stereocenters. The Morgan fingerprint density at radius 2 is 2.33 bits per heavy atom.